The molecular weight excluding hydrogens is 357 g/mol. The van der Waals surface area contributed by atoms with Gasteiger partial charge in [0, 0.05) is 37.1 Å². The van der Waals surface area contributed by atoms with Crippen LogP contribution >= 0.6 is 24.8 Å². The maximum atomic E-state index is 12.2. The lowest BCUT2D eigenvalue weighted by Crippen LogP contribution is -2.25. The Balaban J connectivity index is 0.00000288. The summed E-state index contributed by atoms with van der Waals surface area (Å²) in [6, 6.07) is 15.5. The van der Waals surface area contributed by atoms with Crippen LogP contribution in [0.4, 0.5) is 11.4 Å². The summed E-state index contributed by atoms with van der Waals surface area (Å²) in [7, 11) is 2.06. The van der Waals surface area contributed by atoms with Gasteiger partial charge in [0.15, 0.2) is 0 Å². The van der Waals surface area contributed by atoms with Crippen molar-refractivity contribution in [2.75, 3.05) is 30.8 Å². The van der Waals surface area contributed by atoms with Gasteiger partial charge in [-0.25, -0.2) is 0 Å². The van der Waals surface area contributed by atoms with Gasteiger partial charge in [-0.2, -0.15) is 0 Å². The van der Waals surface area contributed by atoms with Crippen LogP contribution in [0.15, 0.2) is 48.5 Å². The van der Waals surface area contributed by atoms with Crippen molar-refractivity contribution < 1.29 is 4.79 Å². The topological polar surface area (TPSA) is 58.4 Å². The molecule has 2 aromatic carbocycles. The number of amides is 1. The smallest absolute Gasteiger partial charge is 0.251 e. The number of benzene rings is 2. The van der Waals surface area contributed by atoms with Crippen LogP contribution in [0.3, 0.4) is 0 Å². The average Bonchev–Trinajstić information content (AvgIpc) is 2.57. The Kier molecular flexibility index (Phi) is 10.7. The number of hydrogen-bond donors (Lipinski definition) is 2. The Bertz CT molecular complexity index is 630. The zero-order chi connectivity index (χ0) is 16.7. The maximum Gasteiger partial charge on any atom is 0.251 e. The Morgan fingerprint density at radius 3 is 2.20 bits per heavy atom. The van der Waals surface area contributed by atoms with Crippen molar-refractivity contribution >= 4 is 42.1 Å². The van der Waals surface area contributed by atoms with Crippen molar-refractivity contribution in [3.8, 4) is 0 Å². The van der Waals surface area contributed by atoms with Crippen molar-refractivity contribution in [2.24, 2.45) is 0 Å². The molecule has 3 N–H and O–H groups in total. The minimum atomic E-state index is -0.0369. The molecule has 0 saturated carbocycles. The molecule has 2 rings (SSSR count). The maximum absolute atomic E-state index is 12.2. The van der Waals surface area contributed by atoms with Gasteiger partial charge in [-0.05, 0) is 54.8 Å². The monoisotopic (exact) mass is 383 g/mol. The van der Waals surface area contributed by atoms with Gasteiger partial charge in [0.1, 0.15) is 0 Å². The number of anilines is 2. The lowest BCUT2D eigenvalue weighted by atomic mass is 10.1. The van der Waals surface area contributed by atoms with E-state index < -0.39 is 0 Å². The number of hydrogen-bond acceptors (Lipinski definition) is 3. The molecule has 4 nitrogen and oxygen atoms in total. The van der Waals surface area contributed by atoms with Crippen molar-refractivity contribution in [3.63, 3.8) is 0 Å². The highest BCUT2D eigenvalue weighted by molar-refractivity contribution is 5.94. The van der Waals surface area contributed by atoms with Crippen molar-refractivity contribution in [2.45, 2.75) is 19.8 Å². The predicted octanol–water partition coefficient (Wildman–Crippen LogP) is 3.93. The van der Waals surface area contributed by atoms with Crippen molar-refractivity contribution in [1.29, 1.82) is 0 Å². The van der Waals surface area contributed by atoms with Crippen LogP contribution in [0, 0.1) is 0 Å². The summed E-state index contributed by atoms with van der Waals surface area (Å²) in [4.78, 5) is 14.3. The molecule has 0 heterocycles. The second kappa shape index (κ2) is 11.6. The van der Waals surface area contributed by atoms with Gasteiger partial charge in [0.25, 0.3) is 5.91 Å². The minimum absolute atomic E-state index is 0. The lowest BCUT2D eigenvalue weighted by Gasteiger charge is -2.18. The Morgan fingerprint density at radius 2 is 1.64 bits per heavy atom. The number of rotatable bonds is 7. The van der Waals surface area contributed by atoms with Gasteiger partial charge in [0.2, 0.25) is 0 Å². The minimum Gasteiger partial charge on any atom is -0.399 e. The fourth-order valence-corrected chi connectivity index (χ4v) is 2.44. The Hall–Kier alpha value is -1.91. The van der Waals surface area contributed by atoms with E-state index in [9.17, 15) is 4.79 Å². The van der Waals surface area contributed by atoms with E-state index in [0.717, 1.165) is 36.3 Å². The third-order valence-corrected chi connectivity index (χ3v) is 3.81. The van der Waals surface area contributed by atoms with Crippen LogP contribution in [0.2, 0.25) is 0 Å². The molecule has 0 saturated heterocycles. The molecule has 0 atom stereocenters. The fourth-order valence-electron chi connectivity index (χ4n) is 2.44. The molecule has 25 heavy (non-hydrogen) atoms. The molecule has 0 bridgehead atoms. The van der Waals surface area contributed by atoms with Gasteiger partial charge >= 0.3 is 0 Å². The normalized spacial score (nSPS) is 9.52. The Morgan fingerprint density at radius 1 is 1.04 bits per heavy atom. The molecule has 0 radical (unpaired) electrons. The highest BCUT2D eigenvalue weighted by Crippen LogP contribution is 2.14. The summed E-state index contributed by atoms with van der Waals surface area (Å²) in [6.45, 7) is 3.77. The molecule has 0 unspecified atom stereocenters. The number of halogens is 2. The largest absolute Gasteiger partial charge is 0.399 e. The molecular formula is C19H27Cl2N3O. The molecule has 1 amide bonds. The van der Waals surface area contributed by atoms with Gasteiger partial charge in [0.05, 0.1) is 0 Å². The molecule has 2 aromatic rings. The second-order valence-corrected chi connectivity index (χ2v) is 5.72. The summed E-state index contributed by atoms with van der Waals surface area (Å²) < 4.78 is 0. The van der Waals surface area contributed by atoms with E-state index in [4.69, 9.17) is 5.73 Å². The molecule has 138 valence electrons. The molecule has 0 aromatic heterocycles. The van der Waals surface area contributed by atoms with Crippen LogP contribution in [0.5, 0.6) is 0 Å². The Labute approximate surface area is 162 Å². The first-order valence-corrected chi connectivity index (χ1v) is 8.04. The van der Waals surface area contributed by atoms with Gasteiger partial charge in [-0.1, -0.05) is 19.1 Å². The average molecular weight is 384 g/mol. The summed E-state index contributed by atoms with van der Waals surface area (Å²) >= 11 is 0. The fraction of sp³-hybridized carbons (Fsp3) is 0.316. The zero-order valence-corrected chi connectivity index (χ0v) is 16.3. The number of nitrogens with zero attached hydrogens (tertiary/aromatic N) is 1. The molecule has 6 heteroatoms. The standard InChI is InChI=1S/C19H25N3O.2ClH/c1-3-14-22(2)18-10-6-16(7-11-18)19(23)21-13-12-15-4-8-17(20)9-5-15;;/h4-11H,3,12-14,20H2,1-2H3,(H,21,23);2*1H. The first-order valence-electron chi connectivity index (χ1n) is 8.04. The van der Waals surface area contributed by atoms with Gasteiger partial charge in [-0.3, -0.25) is 4.79 Å². The predicted molar refractivity (Wildman–Crippen MR) is 111 cm³/mol. The van der Waals surface area contributed by atoms with E-state index in [2.05, 4.69) is 24.2 Å². The van der Waals surface area contributed by atoms with Crippen LogP contribution in [0.25, 0.3) is 0 Å². The van der Waals surface area contributed by atoms with Crippen molar-refractivity contribution in [3.05, 3.63) is 59.7 Å². The highest BCUT2D eigenvalue weighted by atomic mass is 35.5. The number of nitrogen functional groups attached to an aromatic ring is 1. The summed E-state index contributed by atoms with van der Waals surface area (Å²) in [5.41, 5.74) is 9.40. The quantitative estimate of drug-likeness (QED) is 0.711. The first-order chi connectivity index (χ1) is 11.1. The molecule has 0 fully saturated rings. The summed E-state index contributed by atoms with van der Waals surface area (Å²) in [6.07, 6.45) is 1.90. The van der Waals surface area contributed by atoms with Crippen molar-refractivity contribution in [1.82, 2.24) is 5.32 Å². The van der Waals surface area contributed by atoms with E-state index in [1.807, 2.05) is 48.5 Å². The first kappa shape index (κ1) is 23.1. The number of nitrogens with two attached hydrogens (primary N) is 1. The zero-order valence-electron chi connectivity index (χ0n) is 14.7. The molecule has 0 aliphatic heterocycles. The molecule has 0 aliphatic rings. The third-order valence-electron chi connectivity index (χ3n) is 3.81. The van der Waals surface area contributed by atoms with E-state index in [0.29, 0.717) is 12.1 Å². The summed E-state index contributed by atoms with van der Waals surface area (Å²) in [5, 5.41) is 2.95. The van der Waals surface area contributed by atoms with E-state index in [-0.39, 0.29) is 30.7 Å². The molecule has 0 aliphatic carbocycles. The van der Waals surface area contributed by atoms with Gasteiger partial charge < -0.3 is 16.0 Å². The number of carbonyl (C=O) groups is 1. The molecule has 0 spiro atoms. The van der Waals surface area contributed by atoms with E-state index >= 15 is 0 Å². The lowest BCUT2D eigenvalue weighted by molar-refractivity contribution is 0.0954. The van der Waals surface area contributed by atoms with Crippen LogP contribution in [0.1, 0.15) is 29.3 Å². The van der Waals surface area contributed by atoms with Gasteiger partial charge in [-0.15, -0.1) is 24.8 Å². The summed E-state index contributed by atoms with van der Waals surface area (Å²) in [5.74, 6) is -0.0369. The van der Waals surface area contributed by atoms with Crippen LogP contribution in [-0.2, 0) is 6.42 Å². The van der Waals surface area contributed by atoms with Crippen LogP contribution in [-0.4, -0.2) is 26.0 Å². The second-order valence-electron chi connectivity index (χ2n) is 5.72. The highest BCUT2D eigenvalue weighted by Gasteiger charge is 2.06. The van der Waals surface area contributed by atoms with E-state index in [1.54, 1.807) is 0 Å². The van der Waals surface area contributed by atoms with E-state index in [1.165, 1.54) is 0 Å². The SMILES string of the molecule is CCCN(C)c1ccc(C(=O)NCCc2ccc(N)cc2)cc1.Cl.Cl. The van der Waals surface area contributed by atoms with Crippen LogP contribution < -0.4 is 16.0 Å². The number of carbonyl (C=O) groups excluding carboxylic acids is 1. The third kappa shape index (κ3) is 7.24. The number of nitrogens with one attached hydrogen (secondary N) is 1.